The summed E-state index contributed by atoms with van der Waals surface area (Å²) < 4.78 is 0. The summed E-state index contributed by atoms with van der Waals surface area (Å²) in [4.78, 5) is 10.6. The number of hydrazone groups is 1. The van der Waals surface area contributed by atoms with Crippen LogP contribution in [0.3, 0.4) is 0 Å². The summed E-state index contributed by atoms with van der Waals surface area (Å²) in [6.45, 7) is 1.82. The van der Waals surface area contributed by atoms with Crippen LogP contribution in [0.2, 0.25) is 0 Å². The zero-order valence-electron chi connectivity index (χ0n) is 11.3. The first-order valence-corrected chi connectivity index (χ1v) is 6.38. The molecule has 0 saturated heterocycles. The van der Waals surface area contributed by atoms with Gasteiger partial charge in [0.05, 0.1) is 5.71 Å². The van der Waals surface area contributed by atoms with E-state index in [-0.39, 0.29) is 0 Å². The second-order valence-electron chi connectivity index (χ2n) is 4.53. The molecule has 0 unspecified atom stereocenters. The van der Waals surface area contributed by atoms with Crippen LogP contribution in [-0.4, -0.2) is 11.7 Å². The molecule has 2 amide bonds. The minimum Gasteiger partial charge on any atom is -0.350 e. The Kier molecular flexibility index (Phi) is 4.50. The standard InChI is InChI=1S/C16H17N3O/c1-12(18-19-16(17)20)15-9-7-14(8-10-15)11-13-5-3-2-4-6-13/h2-10H,11H2,1H3,(H3,17,19,20). The van der Waals surface area contributed by atoms with Gasteiger partial charge in [-0.15, -0.1) is 0 Å². The van der Waals surface area contributed by atoms with Crippen molar-refractivity contribution in [3.05, 3.63) is 71.3 Å². The third-order valence-electron chi connectivity index (χ3n) is 2.96. The van der Waals surface area contributed by atoms with Crippen LogP contribution in [0.25, 0.3) is 0 Å². The quantitative estimate of drug-likeness (QED) is 0.649. The van der Waals surface area contributed by atoms with Crippen LogP contribution in [-0.2, 0) is 6.42 Å². The average molecular weight is 267 g/mol. The smallest absolute Gasteiger partial charge is 0.332 e. The molecule has 2 rings (SSSR count). The molecule has 0 fully saturated rings. The number of amides is 2. The van der Waals surface area contributed by atoms with Gasteiger partial charge in [0, 0.05) is 0 Å². The minimum absolute atomic E-state index is 0.662. The summed E-state index contributed by atoms with van der Waals surface area (Å²) in [5.41, 5.74) is 11.4. The lowest BCUT2D eigenvalue weighted by Gasteiger charge is -2.04. The third kappa shape index (κ3) is 3.95. The van der Waals surface area contributed by atoms with Gasteiger partial charge in [-0.05, 0) is 30.0 Å². The first-order chi connectivity index (χ1) is 9.65. The Morgan fingerprint density at radius 3 is 2.25 bits per heavy atom. The molecular formula is C16H17N3O. The average Bonchev–Trinajstić information content (AvgIpc) is 2.46. The van der Waals surface area contributed by atoms with Crippen molar-refractivity contribution in [1.29, 1.82) is 0 Å². The summed E-state index contributed by atoms with van der Waals surface area (Å²) in [6.07, 6.45) is 0.900. The van der Waals surface area contributed by atoms with Crippen LogP contribution in [0.5, 0.6) is 0 Å². The SMILES string of the molecule is CC(=NNC(N)=O)c1ccc(Cc2ccccc2)cc1. The van der Waals surface area contributed by atoms with E-state index >= 15 is 0 Å². The van der Waals surface area contributed by atoms with Crippen LogP contribution < -0.4 is 11.2 Å². The van der Waals surface area contributed by atoms with Crippen molar-refractivity contribution in [2.45, 2.75) is 13.3 Å². The van der Waals surface area contributed by atoms with Gasteiger partial charge in [-0.2, -0.15) is 5.10 Å². The molecule has 0 saturated carbocycles. The highest BCUT2D eigenvalue weighted by atomic mass is 16.2. The van der Waals surface area contributed by atoms with Crippen LogP contribution in [0.4, 0.5) is 4.79 Å². The second-order valence-corrected chi connectivity index (χ2v) is 4.53. The highest BCUT2D eigenvalue weighted by Crippen LogP contribution is 2.11. The van der Waals surface area contributed by atoms with E-state index in [9.17, 15) is 4.79 Å². The molecule has 0 aromatic heterocycles. The zero-order valence-corrected chi connectivity index (χ0v) is 11.3. The molecule has 4 heteroatoms. The summed E-state index contributed by atoms with van der Waals surface area (Å²) in [5, 5.41) is 3.90. The van der Waals surface area contributed by atoms with E-state index in [1.807, 2.05) is 37.3 Å². The molecule has 4 nitrogen and oxygen atoms in total. The van der Waals surface area contributed by atoms with E-state index in [0.717, 1.165) is 17.7 Å². The number of carbonyl (C=O) groups excluding carboxylic acids is 1. The molecule has 2 aromatic rings. The molecular weight excluding hydrogens is 250 g/mol. The van der Waals surface area contributed by atoms with Gasteiger partial charge in [-0.25, -0.2) is 10.2 Å². The lowest BCUT2D eigenvalue weighted by molar-refractivity contribution is 0.249. The van der Waals surface area contributed by atoms with E-state index in [1.165, 1.54) is 11.1 Å². The number of urea groups is 1. The Morgan fingerprint density at radius 1 is 1.05 bits per heavy atom. The highest BCUT2D eigenvalue weighted by molar-refractivity contribution is 5.99. The van der Waals surface area contributed by atoms with Crippen molar-refractivity contribution in [3.63, 3.8) is 0 Å². The first kappa shape index (κ1) is 13.8. The number of rotatable bonds is 4. The largest absolute Gasteiger partial charge is 0.350 e. The Bertz CT molecular complexity index is 603. The Balaban J connectivity index is 2.06. The molecule has 0 atom stereocenters. The van der Waals surface area contributed by atoms with Crippen molar-refractivity contribution < 1.29 is 4.79 Å². The van der Waals surface area contributed by atoms with E-state index in [2.05, 4.69) is 34.8 Å². The van der Waals surface area contributed by atoms with Gasteiger partial charge in [0.2, 0.25) is 0 Å². The Hall–Kier alpha value is -2.62. The third-order valence-corrected chi connectivity index (χ3v) is 2.96. The number of benzene rings is 2. The van der Waals surface area contributed by atoms with Crippen molar-refractivity contribution in [3.8, 4) is 0 Å². The molecule has 0 bridgehead atoms. The van der Waals surface area contributed by atoms with Crippen molar-refractivity contribution in [1.82, 2.24) is 5.43 Å². The maximum absolute atomic E-state index is 10.6. The summed E-state index contributed by atoms with van der Waals surface area (Å²) in [7, 11) is 0. The molecule has 0 spiro atoms. The minimum atomic E-state index is -0.662. The summed E-state index contributed by atoms with van der Waals surface area (Å²) >= 11 is 0. The van der Waals surface area contributed by atoms with Gasteiger partial charge < -0.3 is 5.73 Å². The fraction of sp³-hybridized carbons (Fsp3) is 0.125. The predicted octanol–water partition coefficient (Wildman–Crippen LogP) is 2.67. The second kappa shape index (κ2) is 6.52. The number of nitrogens with one attached hydrogen (secondary N) is 1. The van der Waals surface area contributed by atoms with Crippen LogP contribution >= 0.6 is 0 Å². The lowest BCUT2D eigenvalue weighted by Crippen LogP contribution is -2.25. The van der Waals surface area contributed by atoms with Gasteiger partial charge in [0.25, 0.3) is 0 Å². The number of hydrogen-bond acceptors (Lipinski definition) is 2. The van der Waals surface area contributed by atoms with E-state index in [1.54, 1.807) is 0 Å². The van der Waals surface area contributed by atoms with Gasteiger partial charge in [-0.3, -0.25) is 0 Å². The van der Waals surface area contributed by atoms with Crippen molar-refractivity contribution in [2.24, 2.45) is 10.8 Å². The molecule has 0 heterocycles. The molecule has 0 aliphatic carbocycles. The molecule has 2 aromatic carbocycles. The molecule has 102 valence electrons. The first-order valence-electron chi connectivity index (χ1n) is 6.38. The van der Waals surface area contributed by atoms with E-state index in [0.29, 0.717) is 0 Å². The number of primary amides is 1. The normalized spacial score (nSPS) is 11.2. The van der Waals surface area contributed by atoms with E-state index in [4.69, 9.17) is 5.73 Å². The number of carbonyl (C=O) groups is 1. The van der Waals surface area contributed by atoms with Gasteiger partial charge in [0.1, 0.15) is 0 Å². The Morgan fingerprint density at radius 2 is 1.65 bits per heavy atom. The fourth-order valence-electron chi connectivity index (χ4n) is 1.90. The van der Waals surface area contributed by atoms with Gasteiger partial charge in [0.15, 0.2) is 0 Å². The number of nitrogens with two attached hydrogens (primary N) is 1. The molecule has 0 radical (unpaired) electrons. The van der Waals surface area contributed by atoms with Crippen molar-refractivity contribution >= 4 is 11.7 Å². The number of hydrogen-bond donors (Lipinski definition) is 2. The number of nitrogens with zero attached hydrogens (tertiary/aromatic N) is 1. The van der Waals surface area contributed by atoms with Crippen molar-refractivity contribution in [2.75, 3.05) is 0 Å². The lowest BCUT2D eigenvalue weighted by atomic mass is 10.0. The monoisotopic (exact) mass is 267 g/mol. The van der Waals surface area contributed by atoms with Crippen LogP contribution in [0, 0.1) is 0 Å². The maximum Gasteiger partial charge on any atom is 0.332 e. The molecule has 0 aliphatic rings. The fourth-order valence-corrected chi connectivity index (χ4v) is 1.90. The summed E-state index contributed by atoms with van der Waals surface area (Å²) in [6, 6.07) is 17.7. The molecule has 0 aliphatic heterocycles. The summed E-state index contributed by atoms with van der Waals surface area (Å²) in [5.74, 6) is 0. The Labute approximate surface area is 118 Å². The van der Waals surface area contributed by atoms with Gasteiger partial charge in [-0.1, -0.05) is 54.6 Å². The van der Waals surface area contributed by atoms with E-state index < -0.39 is 6.03 Å². The van der Waals surface area contributed by atoms with Crippen LogP contribution in [0.15, 0.2) is 59.7 Å². The zero-order chi connectivity index (χ0) is 14.4. The van der Waals surface area contributed by atoms with Crippen LogP contribution in [0.1, 0.15) is 23.6 Å². The topological polar surface area (TPSA) is 67.5 Å². The predicted molar refractivity (Wildman–Crippen MR) is 80.6 cm³/mol. The molecule has 3 N–H and O–H groups in total. The van der Waals surface area contributed by atoms with Gasteiger partial charge >= 0.3 is 6.03 Å². The highest BCUT2D eigenvalue weighted by Gasteiger charge is 2.00. The maximum atomic E-state index is 10.6. The molecule has 20 heavy (non-hydrogen) atoms.